The van der Waals surface area contributed by atoms with Crippen LogP contribution in [0, 0.1) is 0 Å². The molecule has 2 rings (SSSR count). The lowest BCUT2D eigenvalue weighted by Gasteiger charge is -2.14. The molecule has 0 fully saturated rings. The topological polar surface area (TPSA) is 72.5 Å². The maximum atomic E-state index is 12.1. The van der Waals surface area contributed by atoms with Gasteiger partial charge in [-0.25, -0.2) is 4.98 Å². The third-order valence-corrected chi connectivity index (χ3v) is 3.45. The number of carbonyl (C=O) groups excluding carboxylic acids is 1. The van der Waals surface area contributed by atoms with Gasteiger partial charge in [0.25, 0.3) is 5.91 Å². The van der Waals surface area contributed by atoms with Crippen LogP contribution in [0.2, 0.25) is 0 Å². The lowest BCUT2D eigenvalue weighted by Crippen LogP contribution is -2.34. The number of rotatable bonds is 7. The number of methoxy groups -OCH3 is 2. The summed E-state index contributed by atoms with van der Waals surface area (Å²) < 4.78 is 10.0. The third-order valence-electron chi connectivity index (χ3n) is 2.76. The summed E-state index contributed by atoms with van der Waals surface area (Å²) in [5.41, 5.74) is 1.37. The van der Waals surface area contributed by atoms with Crippen molar-refractivity contribution in [2.24, 2.45) is 0 Å². The molecule has 0 aliphatic heterocycles. The van der Waals surface area contributed by atoms with Crippen LogP contribution in [0.15, 0.2) is 35.8 Å². The maximum absolute atomic E-state index is 12.1. The largest absolute Gasteiger partial charge is 0.354 e. The van der Waals surface area contributed by atoms with E-state index in [9.17, 15) is 4.79 Å². The number of nitrogens with zero attached hydrogens (tertiary/aromatic N) is 1. The molecule has 0 saturated heterocycles. The Morgan fingerprint density at radius 1 is 1.38 bits per heavy atom. The zero-order chi connectivity index (χ0) is 15.1. The van der Waals surface area contributed by atoms with Crippen LogP contribution >= 0.6 is 11.3 Å². The molecule has 2 aromatic rings. The summed E-state index contributed by atoms with van der Waals surface area (Å²) in [6.07, 6.45) is 1.27. The number of ether oxygens (including phenoxy) is 2. The van der Waals surface area contributed by atoms with Crippen molar-refractivity contribution in [2.75, 3.05) is 26.1 Å². The molecule has 0 bridgehead atoms. The van der Waals surface area contributed by atoms with E-state index >= 15 is 0 Å². The Kier molecular flexibility index (Phi) is 5.68. The highest BCUT2D eigenvalue weighted by Crippen LogP contribution is 2.19. The Bertz CT molecular complexity index is 571. The van der Waals surface area contributed by atoms with Gasteiger partial charge in [-0.3, -0.25) is 4.79 Å². The molecule has 21 heavy (non-hydrogen) atoms. The summed E-state index contributed by atoms with van der Waals surface area (Å²) >= 11 is 1.50. The van der Waals surface area contributed by atoms with Crippen LogP contribution in [-0.2, 0) is 9.47 Å². The minimum Gasteiger partial charge on any atom is -0.354 e. The zero-order valence-corrected chi connectivity index (χ0v) is 12.6. The van der Waals surface area contributed by atoms with E-state index in [2.05, 4.69) is 15.6 Å². The highest BCUT2D eigenvalue weighted by atomic mass is 32.1. The lowest BCUT2D eigenvalue weighted by atomic mass is 10.2. The molecule has 0 atom stereocenters. The Morgan fingerprint density at radius 2 is 2.19 bits per heavy atom. The van der Waals surface area contributed by atoms with E-state index in [0.717, 1.165) is 10.8 Å². The highest BCUT2D eigenvalue weighted by Gasteiger charge is 2.10. The van der Waals surface area contributed by atoms with Gasteiger partial charge in [0.2, 0.25) is 0 Å². The monoisotopic (exact) mass is 307 g/mol. The Hall–Kier alpha value is -1.96. The minimum absolute atomic E-state index is 0.183. The van der Waals surface area contributed by atoms with Gasteiger partial charge >= 0.3 is 0 Å². The smallest absolute Gasteiger partial charge is 0.251 e. The molecule has 1 heterocycles. The molecular formula is C14H17N3O3S. The number of nitrogens with one attached hydrogen (secondary N) is 2. The van der Waals surface area contributed by atoms with Crippen molar-refractivity contribution in [3.8, 4) is 0 Å². The van der Waals surface area contributed by atoms with Crippen LogP contribution in [-0.4, -0.2) is 37.9 Å². The minimum atomic E-state index is -0.453. The molecular weight excluding hydrogens is 290 g/mol. The number of amides is 1. The maximum Gasteiger partial charge on any atom is 0.251 e. The van der Waals surface area contributed by atoms with Crippen LogP contribution in [0.1, 0.15) is 10.4 Å². The van der Waals surface area contributed by atoms with Crippen molar-refractivity contribution in [1.29, 1.82) is 0 Å². The zero-order valence-electron chi connectivity index (χ0n) is 11.8. The summed E-state index contributed by atoms with van der Waals surface area (Å²) in [7, 11) is 3.05. The van der Waals surface area contributed by atoms with Gasteiger partial charge in [0.1, 0.15) is 0 Å². The van der Waals surface area contributed by atoms with Gasteiger partial charge < -0.3 is 20.1 Å². The molecule has 2 N–H and O–H groups in total. The molecule has 0 radical (unpaired) electrons. The van der Waals surface area contributed by atoms with Crippen molar-refractivity contribution in [2.45, 2.75) is 6.29 Å². The molecule has 0 spiro atoms. The summed E-state index contributed by atoms with van der Waals surface area (Å²) in [5, 5.41) is 8.57. The average Bonchev–Trinajstić information content (AvgIpc) is 3.01. The number of benzene rings is 1. The summed E-state index contributed by atoms with van der Waals surface area (Å²) in [4.78, 5) is 16.2. The van der Waals surface area contributed by atoms with E-state index in [0.29, 0.717) is 5.56 Å². The van der Waals surface area contributed by atoms with Crippen molar-refractivity contribution in [3.05, 3.63) is 41.4 Å². The van der Waals surface area contributed by atoms with Gasteiger partial charge in [0.05, 0.1) is 6.54 Å². The molecule has 1 aromatic carbocycles. The normalized spacial score (nSPS) is 10.6. The predicted octanol–water partition coefficient (Wildman–Crippen LogP) is 2.24. The molecule has 0 unspecified atom stereocenters. The molecule has 6 nitrogen and oxygen atoms in total. The summed E-state index contributed by atoms with van der Waals surface area (Å²) in [6, 6.07) is 7.21. The van der Waals surface area contributed by atoms with Crippen LogP contribution in [0.4, 0.5) is 10.8 Å². The summed E-state index contributed by atoms with van der Waals surface area (Å²) in [5.74, 6) is -0.183. The second kappa shape index (κ2) is 7.72. The Labute approximate surface area is 127 Å². The van der Waals surface area contributed by atoms with Gasteiger partial charge in [0, 0.05) is 37.0 Å². The van der Waals surface area contributed by atoms with E-state index in [1.807, 2.05) is 17.5 Å². The molecule has 0 saturated carbocycles. The van der Waals surface area contributed by atoms with Crippen LogP contribution in [0.5, 0.6) is 0 Å². The van der Waals surface area contributed by atoms with Crippen LogP contribution in [0.3, 0.4) is 0 Å². The first-order valence-corrected chi connectivity index (χ1v) is 7.21. The van der Waals surface area contributed by atoms with Crippen molar-refractivity contribution in [1.82, 2.24) is 10.3 Å². The molecule has 0 aliphatic carbocycles. The second-order valence-corrected chi connectivity index (χ2v) is 5.05. The van der Waals surface area contributed by atoms with E-state index < -0.39 is 6.29 Å². The molecule has 1 aromatic heterocycles. The standard InChI is InChI=1S/C14H17N3O3S/c1-19-12(20-2)9-16-13(18)10-4-3-5-11(8-10)17-14-15-6-7-21-14/h3-8,12H,9H2,1-2H3,(H,15,17)(H,16,18). The van der Waals surface area contributed by atoms with Gasteiger partial charge in [-0.1, -0.05) is 6.07 Å². The van der Waals surface area contributed by atoms with Gasteiger partial charge in [-0.05, 0) is 18.2 Å². The fourth-order valence-electron chi connectivity index (χ4n) is 1.69. The number of anilines is 2. The van der Waals surface area contributed by atoms with Crippen LogP contribution in [0.25, 0.3) is 0 Å². The molecule has 112 valence electrons. The lowest BCUT2D eigenvalue weighted by molar-refractivity contribution is -0.0974. The number of aromatic nitrogens is 1. The Morgan fingerprint density at radius 3 is 2.86 bits per heavy atom. The molecule has 0 aliphatic rings. The van der Waals surface area contributed by atoms with Crippen molar-refractivity contribution in [3.63, 3.8) is 0 Å². The average molecular weight is 307 g/mol. The fraction of sp³-hybridized carbons (Fsp3) is 0.286. The number of hydrogen-bond acceptors (Lipinski definition) is 6. The third kappa shape index (κ3) is 4.52. The predicted molar refractivity (Wildman–Crippen MR) is 82.0 cm³/mol. The SMILES string of the molecule is COC(CNC(=O)c1cccc(Nc2nccs2)c1)OC. The second-order valence-electron chi connectivity index (χ2n) is 4.15. The van der Waals surface area contributed by atoms with E-state index in [1.165, 1.54) is 25.6 Å². The van der Waals surface area contributed by atoms with Gasteiger partial charge in [0.15, 0.2) is 11.4 Å². The quantitative estimate of drug-likeness (QED) is 0.768. The van der Waals surface area contributed by atoms with Gasteiger partial charge in [-0.15, -0.1) is 11.3 Å². The van der Waals surface area contributed by atoms with E-state index in [-0.39, 0.29) is 12.5 Å². The molecule has 7 heteroatoms. The first-order valence-electron chi connectivity index (χ1n) is 6.33. The number of thiazole rings is 1. The first kappa shape index (κ1) is 15.4. The van der Waals surface area contributed by atoms with E-state index in [1.54, 1.807) is 18.3 Å². The van der Waals surface area contributed by atoms with Crippen molar-refractivity contribution >= 4 is 28.1 Å². The first-order chi connectivity index (χ1) is 10.2. The molecule has 1 amide bonds. The Balaban J connectivity index is 1.98. The highest BCUT2D eigenvalue weighted by molar-refractivity contribution is 7.13. The number of carbonyl (C=O) groups is 1. The summed E-state index contributed by atoms with van der Waals surface area (Å²) in [6.45, 7) is 0.288. The van der Waals surface area contributed by atoms with Gasteiger partial charge in [-0.2, -0.15) is 0 Å². The van der Waals surface area contributed by atoms with E-state index in [4.69, 9.17) is 9.47 Å². The fourth-order valence-corrected chi connectivity index (χ4v) is 2.24. The van der Waals surface area contributed by atoms with Crippen LogP contribution < -0.4 is 10.6 Å². The van der Waals surface area contributed by atoms with Crippen molar-refractivity contribution < 1.29 is 14.3 Å². The number of hydrogen-bond donors (Lipinski definition) is 2.